The zero-order valence-corrected chi connectivity index (χ0v) is 12.5. The molecule has 0 aliphatic heterocycles. The molecule has 0 aromatic carbocycles. The van der Waals surface area contributed by atoms with E-state index in [1.165, 1.54) is 44.9 Å². The molecule has 0 radical (unpaired) electrons. The number of ether oxygens (including phenoxy) is 1. The minimum absolute atomic E-state index is 0.473. The number of carbonyl (C=O) groups is 1. The van der Waals surface area contributed by atoms with Gasteiger partial charge in [-0.2, -0.15) is 0 Å². The Labute approximate surface area is 112 Å². The van der Waals surface area contributed by atoms with Gasteiger partial charge >= 0.3 is 6.09 Å². The molecule has 0 atom stereocenters. The molecule has 18 heavy (non-hydrogen) atoms. The van der Waals surface area contributed by atoms with Crippen molar-refractivity contribution in [2.75, 3.05) is 6.61 Å². The molecule has 0 fully saturated rings. The van der Waals surface area contributed by atoms with E-state index in [-0.39, 0.29) is 0 Å². The van der Waals surface area contributed by atoms with Crippen molar-refractivity contribution in [3.05, 3.63) is 0 Å². The average molecular weight is 257 g/mol. The van der Waals surface area contributed by atoms with Crippen molar-refractivity contribution in [3.8, 4) is 0 Å². The number of amides is 1. The minimum Gasteiger partial charge on any atom is -0.450 e. The second-order valence-corrected chi connectivity index (χ2v) is 6.31. The molecule has 108 valence electrons. The molecular weight excluding hydrogens is 226 g/mol. The van der Waals surface area contributed by atoms with E-state index >= 15 is 0 Å². The quantitative estimate of drug-likeness (QED) is 0.580. The van der Waals surface area contributed by atoms with Gasteiger partial charge in [0.15, 0.2) is 0 Å². The molecule has 0 spiro atoms. The zero-order chi connectivity index (χ0) is 13.9. The van der Waals surface area contributed by atoms with Crippen molar-refractivity contribution in [2.24, 2.45) is 11.1 Å². The number of hydrogen-bond donors (Lipinski definition) is 1. The Hall–Kier alpha value is -0.730. The van der Waals surface area contributed by atoms with Crippen molar-refractivity contribution in [3.63, 3.8) is 0 Å². The number of carbonyl (C=O) groups excluding carboxylic acids is 1. The van der Waals surface area contributed by atoms with Crippen molar-refractivity contribution in [1.82, 2.24) is 0 Å². The lowest BCUT2D eigenvalue weighted by molar-refractivity contribution is 0.154. The summed E-state index contributed by atoms with van der Waals surface area (Å²) in [6.07, 6.45) is 10.7. The summed E-state index contributed by atoms with van der Waals surface area (Å²) in [4.78, 5) is 10.3. The van der Waals surface area contributed by atoms with Gasteiger partial charge in [-0.25, -0.2) is 4.79 Å². The van der Waals surface area contributed by atoms with Gasteiger partial charge in [-0.05, 0) is 18.3 Å². The van der Waals surface area contributed by atoms with Crippen LogP contribution in [0, 0.1) is 5.41 Å². The van der Waals surface area contributed by atoms with Crippen LogP contribution in [-0.4, -0.2) is 12.7 Å². The molecular formula is C15H31NO2. The third kappa shape index (κ3) is 15.3. The highest BCUT2D eigenvalue weighted by Gasteiger charge is 2.08. The van der Waals surface area contributed by atoms with Crippen LogP contribution in [0.4, 0.5) is 4.79 Å². The van der Waals surface area contributed by atoms with E-state index in [1.807, 2.05) is 0 Å². The number of nitrogens with two attached hydrogens (primary N) is 1. The molecule has 0 aliphatic carbocycles. The maximum absolute atomic E-state index is 10.3. The van der Waals surface area contributed by atoms with Crippen molar-refractivity contribution < 1.29 is 9.53 Å². The van der Waals surface area contributed by atoms with Crippen molar-refractivity contribution in [1.29, 1.82) is 0 Å². The van der Waals surface area contributed by atoms with Crippen LogP contribution in [-0.2, 0) is 4.74 Å². The van der Waals surface area contributed by atoms with Crippen LogP contribution in [0.25, 0.3) is 0 Å². The molecule has 0 aromatic rings. The van der Waals surface area contributed by atoms with Crippen LogP contribution in [0.15, 0.2) is 0 Å². The highest BCUT2D eigenvalue weighted by atomic mass is 16.5. The van der Waals surface area contributed by atoms with Crippen molar-refractivity contribution in [2.45, 2.75) is 78.6 Å². The summed E-state index contributed by atoms with van der Waals surface area (Å²) in [5.41, 5.74) is 5.36. The van der Waals surface area contributed by atoms with Crippen LogP contribution in [0.2, 0.25) is 0 Å². The van der Waals surface area contributed by atoms with Gasteiger partial charge in [0.1, 0.15) is 0 Å². The largest absolute Gasteiger partial charge is 0.450 e. The van der Waals surface area contributed by atoms with Crippen LogP contribution in [0.1, 0.15) is 78.6 Å². The molecule has 0 aliphatic rings. The molecule has 0 heterocycles. The fourth-order valence-corrected chi connectivity index (χ4v) is 1.99. The Morgan fingerprint density at radius 3 is 1.78 bits per heavy atom. The fraction of sp³-hybridized carbons (Fsp3) is 0.933. The summed E-state index contributed by atoms with van der Waals surface area (Å²) in [5, 5.41) is 0. The molecule has 0 aromatic heterocycles. The van der Waals surface area contributed by atoms with Gasteiger partial charge in [0.2, 0.25) is 0 Å². The maximum Gasteiger partial charge on any atom is 0.404 e. The third-order valence-corrected chi connectivity index (χ3v) is 3.07. The number of rotatable bonds is 10. The summed E-state index contributed by atoms with van der Waals surface area (Å²) >= 11 is 0. The normalized spacial score (nSPS) is 11.5. The van der Waals surface area contributed by atoms with Gasteiger partial charge in [0, 0.05) is 0 Å². The second-order valence-electron chi connectivity index (χ2n) is 6.31. The highest BCUT2D eigenvalue weighted by molar-refractivity contribution is 5.64. The zero-order valence-electron chi connectivity index (χ0n) is 12.5. The smallest absolute Gasteiger partial charge is 0.404 e. The number of primary amides is 1. The first-order valence-corrected chi connectivity index (χ1v) is 7.34. The monoisotopic (exact) mass is 257 g/mol. The average Bonchev–Trinajstić information content (AvgIpc) is 2.24. The van der Waals surface area contributed by atoms with E-state index in [0.29, 0.717) is 12.0 Å². The van der Waals surface area contributed by atoms with E-state index < -0.39 is 6.09 Å². The van der Waals surface area contributed by atoms with Crippen LogP contribution >= 0.6 is 0 Å². The summed E-state index contributed by atoms with van der Waals surface area (Å²) in [5.74, 6) is 0. The lowest BCUT2D eigenvalue weighted by Crippen LogP contribution is -2.13. The Balaban J connectivity index is 3.06. The lowest BCUT2D eigenvalue weighted by Gasteiger charge is -2.17. The van der Waals surface area contributed by atoms with Gasteiger partial charge in [0.25, 0.3) is 0 Å². The summed E-state index contributed by atoms with van der Waals surface area (Å²) < 4.78 is 4.67. The molecule has 0 saturated heterocycles. The molecule has 3 heteroatoms. The Bertz CT molecular complexity index is 209. The Kier molecular flexibility index (Phi) is 9.80. The first-order chi connectivity index (χ1) is 8.42. The van der Waals surface area contributed by atoms with E-state index in [2.05, 4.69) is 25.5 Å². The van der Waals surface area contributed by atoms with E-state index in [9.17, 15) is 4.79 Å². The third-order valence-electron chi connectivity index (χ3n) is 3.07. The van der Waals surface area contributed by atoms with Crippen LogP contribution < -0.4 is 5.73 Å². The van der Waals surface area contributed by atoms with Gasteiger partial charge in [-0.3, -0.25) is 0 Å². The van der Waals surface area contributed by atoms with Gasteiger partial charge in [-0.1, -0.05) is 65.7 Å². The molecule has 0 rings (SSSR count). The molecule has 0 saturated carbocycles. The summed E-state index contributed by atoms with van der Waals surface area (Å²) in [6.45, 7) is 7.39. The number of hydrogen-bond acceptors (Lipinski definition) is 2. The highest BCUT2D eigenvalue weighted by Crippen LogP contribution is 2.22. The van der Waals surface area contributed by atoms with E-state index in [1.54, 1.807) is 0 Å². The first kappa shape index (κ1) is 17.3. The fourth-order valence-electron chi connectivity index (χ4n) is 1.99. The molecule has 1 amide bonds. The topological polar surface area (TPSA) is 52.3 Å². The lowest BCUT2D eigenvalue weighted by atomic mass is 9.89. The molecule has 0 unspecified atom stereocenters. The molecule has 3 nitrogen and oxygen atoms in total. The van der Waals surface area contributed by atoms with Crippen LogP contribution in [0.3, 0.4) is 0 Å². The summed E-state index contributed by atoms with van der Waals surface area (Å²) in [7, 11) is 0. The van der Waals surface area contributed by atoms with Crippen molar-refractivity contribution >= 4 is 6.09 Å². The SMILES string of the molecule is CC(C)(C)CCCCCCCCCCOC(N)=O. The van der Waals surface area contributed by atoms with Gasteiger partial charge in [-0.15, -0.1) is 0 Å². The van der Waals surface area contributed by atoms with Gasteiger partial charge < -0.3 is 10.5 Å². The minimum atomic E-state index is -0.658. The summed E-state index contributed by atoms with van der Waals surface area (Å²) in [6, 6.07) is 0. The first-order valence-electron chi connectivity index (χ1n) is 7.34. The Morgan fingerprint density at radius 2 is 1.33 bits per heavy atom. The second kappa shape index (κ2) is 10.2. The predicted molar refractivity (Wildman–Crippen MR) is 76.5 cm³/mol. The predicted octanol–water partition coefficient (Wildman–Crippen LogP) is 4.64. The van der Waals surface area contributed by atoms with E-state index in [4.69, 9.17) is 5.73 Å². The maximum atomic E-state index is 10.3. The van der Waals surface area contributed by atoms with Gasteiger partial charge in [0.05, 0.1) is 6.61 Å². The van der Waals surface area contributed by atoms with Crippen LogP contribution in [0.5, 0.6) is 0 Å². The molecule has 0 bridgehead atoms. The van der Waals surface area contributed by atoms with E-state index in [0.717, 1.165) is 12.8 Å². The molecule has 2 N–H and O–H groups in total. The number of unbranched alkanes of at least 4 members (excludes halogenated alkanes) is 7. The standard InChI is InChI=1S/C15H31NO2/c1-15(2,3)12-10-8-6-4-5-7-9-11-13-18-14(16)17/h4-13H2,1-3H3,(H2,16,17). The Morgan fingerprint density at radius 1 is 0.889 bits per heavy atom.